The summed E-state index contributed by atoms with van der Waals surface area (Å²) in [5, 5.41) is 1.86. The van der Waals surface area contributed by atoms with Crippen LogP contribution in [0.25, 0.3) is 10.8 Å². The van der Waals surface area contributed by atoms with Gasteiger partial charge in [0.05, 0.1) is 7.11 Å². The number of hydrogen-bond donors (Lipinski definition) is 0. The van der Waals surface area contributed by atoms with Gasteiger partial charge < -0.3 is 14.2 Å². The standard InChI is InChI=1S/C18H16O5/c1-3-10-22-15-6-4-13-5-7-16(12-14(13)11-15)23-18(20)9-8-17(19)21-2/h3-9,11-12H,1,10H2,2H3/b9-8-. The molecule has 5 heteroatoms. The van der Waals surface area contributed by atoms with Gasteiger partial charge in [0.1, 0.15) is 18.1 Å². The Bertz CT molecular complexity index is 761. The molecule has 118 valence electrons. The molecule has 2 aromatic carbocycles. The average molecular weight is 312 g/mol. The van der Waals surface area contributed by atoms with E-state index in [0.29, 0.717) is 18.1 Å². The van der Waals surface area contributed by atoms with Crippen molar-refractivity contribution in [3.63, 3.8) is 0 Å². The SMILES string of the molecule is C=CCOc1ccc2ccc(OC(=O)/C=C\C(=O)OC)cc2c1. The molecule has 0 saturated carbocycles. The maximum Gasteiger partial charge on any atom is 0.336 e. The summed E-state index contributed by atoms with van der Waals surface area (Å²) in [6.45, 7) is 4.01. The summed E-state index contributed by atoms with van der Waals surface area (Å²) >= 11 is 0. The second-order valence-electron chi connectivity index (χ2n) is 4.55. The van der Waals surface area contributed by atoms with Crippen LogP contribution in [0, 0.1) is 0 Å². The first kappa shape index (κ1) is 16.3. The van der Waals surface area contributed by atoms with E-state index in [9.17, 15) is 9.59 Å². The summed E-state index contributed by atoms with van der Waals surface area (Å²) in [5.74, 6) is -0.206. The van der Waals surface area contributed by atoms with Crippen LogP contribution in [0.5, 0.6) is 11.5 Å². The van der Waals surface area contributed by atoms with E-state index in [-0.39, 0.29) is 0 Å². The first-order valence-electron chi connectivity index (χ1n) is 6.87. The van der Waals surface area contributed by atoms with Crippen molar-refractivity contribution in [2.45, 2.75) is 0 Å². The molecule has 0 aliphatic heterocycles. The van der Waals surface area contributed by atoms with Crippen LogP contribution >= 0.6 is 0 Å². The molecule has 0 aliphatic carbocycles. The molecule has 0 N–H and O–H groups in total. The summed E-state index contributed by atoms with van der Waals surface area (Å²) in [4.78, 5) is 22.6. The molecular weight excluding hydrogens is 296 g/mol. The van der Waals surface area contributed by atoms with Gasteiger partial charge in [-0.1, -0.05) is 24.8 Å². The minimum absolute atomic E-state index is 0.373. The lowest BCUT2D eigenvalue weighted by atomic mass is 10.1. The maximum atomic E-state index is 11.6. The summed E-state index contributed by atoms with van der Waals surface area (Å²) in [5.41, 5.74) is 0. The number of carbonyl (C=O) groups excluding carboxylic acids is 2. The van der Waals surface area contributed by atoms with Gasteiger partial charge in [0, 0.05) is 12.2 Å². The summed E-state index contributed by atoms with van der Waals surface area (Å²) in [6, 6.07) is 10.9. The van der Waals surface area contributed by atoms with Gasteiger partial charge in [-0.05, 0) is 35.0 Å². The lowest BCUT2D eigenvalue weighted by Gasteiger charge is -2.07. The van der Waals surface area contributed by atoms with Gasteiger partial charge in [0.15, 0.2) is 0 Å². The third-order valence-corrected chi connectivity index (χ3v) is 2.93. The van der Waals surface area contributed by atoms with Crippen molar-refractivity contribution in [3.05, 3.63) is 61.2 Å². The van der Waals surface area contributed by atoms with E-state index in [1.54, 1.807) is 18.2 Å². The number of ether oxygens (including phenoxy) is 3. The van der Waals surface area contributed by atoms with Crippen molar-refractivity contribution in [1.29, 1.82) is 0 Å². The lowest BCUT2D eigenvalue weighted by Crippen LogP contribution is -2.05. The maximum absolute atomic E-state index is 11.6. The van der Waals surface area contributed by atoms with Gasteiger partial charge >= 0.3 is 11.9 Å². The molecule has 0 spiro atoms. The highest BCUT2D eigenvalue weighted by molar-refractivity contribution is 5.93. The van der Waals surface area contributed by atoms with Crippen LogP contribution in [-0.4, -0.2) is 25.7 Å². The van der Waals surface area contributed by atoms with Gasteiger partial charge in [0.25, 0.3) is 0 Å². The van der Waals surface area contributed by atoms with Crippen LogP contribution in [0.2, 0.25) is 0 Å². The normalized spacial score (nSPS) is 10.5. The molecule has 0 unspecified atom stereocenters. The van der Waals surface area contributed by atoms with Crippen molar-refractivity contribution in [2.24, 2.45) is 0 Å². The van der Waals surface area contributed by atoms with Crippen molar-refractivity contribution in [2.75, 3.05) is 13.7 Å². The molecule has 0 aromatic heterocycles. The van der Waals surface area contributed by atoms with Crippen molar-refractivity contribution in [3.8, 4) is 11.5 Å². The highest BCUT2D eigenvalue weighted by Crippen LogP contribution is 2.25. The van der Waals surface area contributed by atoms with Crippen LogP contribution in [0.15, 0.2) is 61.2 Å². The zero-order chi connectivity index (χ0) is 16.7. The minimum atomic E-state index is -0.659. The van der Waals surface area contributed by atoms with E-state index in [2.05, 4.69) is 11.3 Å². The average Bonchev–Trinajstić information content (AvgIpc) is 2.57. The fraction of sp³-hybridized carbons (Fsp3) is 0.111. The molecular formula is C18H16O5. The molecule has 23 heavy (non-hydrogen) atoms. The van der Waals surface area contributed by atoms with Crippen LogP contribution in [0.1, 0.15) is 0 Å². The molecule has 0 radical (unpaired) electrons. The third-order valence-electron chi connectivity index (χ3n) is 2.93. The van der Waals surface area contributed by atoms with E-state index in [1.165, 1.54) is 7.11 Å². The Morgan fingerprint density at radius 1 is 1.00 bits per heavy atom. The second kappa shape index (κ2) is 7.79. The number of fused-ring (bicyclic) bond motifs is 1. The zero-order valence-electron chi connectivity index (χ0n) is 12.7. The number of methoxy groups -OCH3 is 1. The lowest BCUT2D eigenvalue weighted by molar-refractivity contribution is -0.135. The quantitative estimate of drug-likeness (QED) is 0.355. The summed E-state index contributed by atoms with van der Waals surface area (Å²) in [7, 11) is 1.23. The Labute approximate surface area is 133 Å². The topological polar surface area (TPSA) is 61.8 Å². The molecule has 2 rings (SSSR count). The van der Waals surface area contributed by atoms with E-state index < -0.39 is 11.9 Å². The summed E-state index contributed by atoms with van der Waals surface area (Å²) < 4.78 is 15.0. The largest absolute Gasteiger partial charge is 0.490 e. The Balaban J connectivity index is 2.15. The van der Waals surface area contributed by atoms with Crippen LogP contribution in [0.3, 0.4) is 0 Å². The highest BCUT2D eigenvalue weighted by Gasteiger charge is 2.04. The molecule has 0 heterocycles. The van der Waals surface area contributed by atoms with Crippen LogP contribution in [-0.2, 0) is 14.3 Å². The van der Waals surface area contributed by atoms with E-state index in [4.69, 9.17) is 9.47 Å². The zero-order valence-corrected chi connectivity index (χ0v) is 12.7. The van der Waals surface area contributed by atoms with Crippen LogP contribution in [0.4, 0.5) is 0 Å². The van der Waals surface area contributed by atoms with Crippen molar-refractivity contribution >= 4 is 22.7 Å². The number of rotatable bonds is 6. The fourth-order valence-corrected chi connectivity index (χ4v) is 1.87. The van der Waals surface area contributed by atoms with Gasteiger partial charge in [0.2, 0.25) is 0 Å². The Morgan fingerprint density at radius 3 is 2.35 bits per heavy atom. The van der Waals surface area contributed by atoms with Gasteiger partial charge in [-0.2, -0.15) is 0 Å². The fourth-order valence-electron chi connectivity index (χ4n) is 1.87. The Kier molecular flexibility index (Phi) is 5.52. The second-order valence-corrected chi connectivity index (χ2v) is 4.55. The van der Waals surface area contributed by atoms with E-state index in [0.717, 1.165) is 22.9 Å². The molecule has 0 fully saturated rings. The predicted octanol–water partition coefficient (Wildman–Crippen LogP) is 3.04. The van der Waals surface area contributed by atoms with Crippen molar-refractivity contribution in [1.82, 2.24) is 0 Å². The number of benzene rings is 2. The Hall–Kier alpha value is -3.08. The minimum Gasteiger partial charge on any atom is -0.490 e. The number of carbonyl (C=O) groups is 2. The molecule has 0 saturated heterocycles. The first-order valence-corrected chi connectivity index (χ1v) is 6.87. The molecule has 0 bridgehead atoms. The molecule has 5 nitrogen and oxygen atoms in total. The predicted molar refractivity (Wildman–Crippen MR) is 86.4 cm³/mol. The Morgan fingerprint density at radius 2 is 1.65 bits per heavy atom. The number of hydrogen-bond acceptors (Lipinski definition) is 5. The van der Waals surface area contributed by atoms with Gasteiger partial charge in [-0.15, -0.1) is 0 Å². The molecule has 2 aromatic rings. The number of esters is 2. The van der Waals surface area contributed by atoms with Crippen molar-refractivity contribution < 1.29 is 23.8 Å². The molecule has 0 aliphatic rings. The summed E-state index contributed by atoms with van der Waals surface area (Å²) in [6.07, 6.45) is 3.68. The van der Waals surface area contributed by atoms with E-state index >= 15 is 0 Å². The van der Waals surface area contributed by atoms with Gasteiger partial charge in [-0.25, -0.2) is 9.59 Å². The first-order chi connectivity index (χ1) is 11.1. The van der Waals surface area contributed by atoms with Crippen LogP contribution < -0.4 is 9.47 Å². The van der Waals surface area contributed by atoms with E-state index in [1.807, 2.05) is 24.3 Å². The smallest absolute Gasteiger partial charge is 0.336 e. The third kappa shape index (κ3) is 4.71. The highest BCUT2D eigenvalue weighted by atomic mass is 16.5. The molecule has 0 atom stereocenters. The van der Waals surface area contributed by atoms with Gasteiger partial charge in [-0.3, -0.25) is 0 Å². The molecule has 0 amide bonds. The monoisotopic (exact) mass is 312 g/mol.